The highest BCUT2D eigenvalue weighted by molar-refractivity contribution is 6.35. The number of halogens is 2. The average molecular weight is 896 g/mol. The lowest BCUT2D eigenvalue weighted by Crippen LogP contribution is -2.53. The molecule has 5 aromatic rings. The standard InChI is InChI=1S/C48H48Cl2N4O9/c1-59-41-15-14-33(22-43(41)60-2)42(23-38-39(49)26-54(58)27-40(38)50)62-47(56)36-24-53(25-36)46(55)35-12-6-8-30(20-35)29-61-37-13-7-11-34(21-37)45(32-9-4-3-5-10-32)51-48(57)63-44-28-52-18-16-31(44)17-19-52/h3-15,20-22,26-27,31,36,42,44-45H,16-19,23-25,28-29H2,1-2H3,(H,51,57)/t42-,44-,45-/m0/s1. The highest BCUT2D eigenvalue weighted by Crippen LogP contribution is 2.37. The first-order valence-corrected chi connectivity index (χ1v) is 21.6. The third-order valence-electron chi connectivity index (χ3n) is 12.0. The maximum atomic E-state index is 13.6. The SMILES string of the molecule is COc1ccc([C@H](Cc2c(Cl)c[n+]([O-])cc2Cl)OC(=O)C2CN(C(=O)c3cccc(COc4cccc([C@@H](NC(=O)O[C@H]5CN6CCC5CC6)c5ccccc5)c4)c3)C2)cc1OC. The third-order valence-corrected chi connectivity index (χ3v) is 12.7. The molecule has 4 aromatic carbocycles. The van der Waals surface area contributed by atoms with Crippen molar-refractivity contribution in [3.8, 4) is 17.2 Å². The monoisotopic (exact) mass is 894 g/mol. The number of ether oxygens (including phenoxy) is 5. The summed E-state index contributed by atoms with van der Waals surface area (Å²) in [5.74, 6) is 0.620. The summed E-state index contributed by atoms with van der Waals surface area (Å²) in [6.07, 6.45) is 3.13. The molecule has 0 radical (unpaired) electrons. The van der Waals surface area contributed by atoms with Crippen LogP contribution in [0, 0.1) is 17.0 Å². The van der Waals surface area contributed by atoms with Crippen molar-refractivity contribution in [2.45, 2.75) is 44.1 Å². The van der Waals surface area contributed by atoms with Crippen LogP contribution in [0.25, 0.3) is 0 Å². The summed E-state index contributed by atoms with van der Waals surface area (Å²) < 4.78 is 29.7. The van der Waals surface area contributed by atoms with Crippen LogP contribution in [0.3, 0.4) is 0 Å². The molecule has 13 nitrogen and oxygen atoms in total. The van der Waals surface area contributed by atoms with Crippen molar-refractivity contribution in [1.82, 2.24) is 15.1 Å². The molecule has 4 aliphatic heterocycles. The number of aromatic nitrogens is 1. The fraction of sp³-hybridized carbons (Fsp3) is 0.333. The second-order valence-corrected chi connectivity index (χ2v) is 16.9. The molecular weight excluding hydrogens is 847 g/mol. The van der Waals surface area contributed by atoms with Crippen LogP contribution < -0.4 is 24.3 Å². The summed E-state index contributed by atoms with van der Waals surface area (Å²) in [7, 11) is 3.02. The molecule has 4 fully saturated rings. The van der Waals surface area contributed by atoms with Gasteiger partial charge < -0.3 is 39.1 Å². The van der Waals surface area contributed by atoms with E-state index in [2.05, 4.69) is 10.2 Å². The summed E-state index contributed by atoms with van der Waals surface area (Å²) in [6, 6.07) is 29.2. The van der Waals surface area contributed by atoms with Crippen molar-refractivity contribution in [3.63, 3.8) is 0 Å². The van der Waals surface area contributed by atoms with Gasteiger partial charge in [0.25, 0.3) is 5.91 Å². The Kier molecular flexibility index (Phi) is 13.6. The van der Waals surface area contributed by atoms with Gasteiger partial charge in [0.2, 0.25) is 0 Å². The summed E-state index contributed by atoms with van der Waals surface area (Å²) >= 11 is 12.8. The number of fused-ring (bicyclic) bond motifs is 3. The largest absolute Gasteiger partial charge is 0.619 e. The molecule has 0 unspecified atom stereocenters. The number of carbonyl (C=O) groups is 3. The van der Waals surface area contributed by atoms with Crippen molar-refractivity contribution in [2.24, 2.45) is 11.8 Å². The predicted octanol–water partition coefficient (Wildman–Crippen LogP) is 7.73. The Morgan fingerprint density at radius 1 is 0.810 bits per heavy atom. The lowest BCUT2D eigenvalue weighted by atomic mass is 9.86. The van der Waals surface area contributed by atoms with Crippen molar-refractivity contribution < 1.29 is 42.8 Å². The van der Waals surface area contributed by atoms with Gasteiger partial charge in [0.1, 0.15) is 34.6 Å². The quantitative estimate of drug-likeness (QED) is 0.0631. The molecule has 4 saturated heterocycles. The molecule has 5 heterocycles. The predicted molar refractivity (Wildman–Crippen MR) is 235 cm³/mol. The average Bonchev–Trinajstić information content (AvgIpc) is 3.28. The second kappa shape index (κ2) is 19.6. The van der Waals surface area contributed by atoms with Crippen molar-refractivity contribution in [1.29, 1.82) is 0 Å². The molecule has 63 heavy (non-hydrogen) atoms. The van der Waals surface area contributed by atoms with Gasteiger partial charge in [-0.3, -0.25) is 14.5 Å². The molecule has 0 aliphatic carbocycles. The van der Waals surface area contributed by atoms with Gasteiger partial charge in [-0.2, -0.15) is 4.73 Å². The van der Waals surface area contributed by atoms with Crippen LogP contribution in [0.2, 0.25) is 10.0 Å². The number of amides is 2. The summed E-state index contributed by atoms with van der Waals surface area (Å²) in [5.41, 5.74) is 4.01. The van der Waals surface area contributed by atoms with E-state index in [0.29, 0.717) is 44.6 Å². The summed E-state index contributed by atoms with van der Waals surface area (Å²) in [4.78, 5) is 44.5. The fourth-order valence-corrected chi connectivity index (χ4v) is 9.09. The third kappa shape index (κ3) is 10.3. The number of likely N-dealkylation sites (tertiary alicyclic amines) is 1. The highest BCUT2D eigenvalue weighted by Gasteiger charge is 2.39. The molecular formula is C48H48Cl2N4O9. The van der Waals surface area contributed by atoms with Gasteiger partial charge in [-0.15, -0.1) is 0 Å². The van der Waals surface area contributed by atoms with E-state index in [1.165, 1.54) is 26.6 Å². The lowest BCUT2D eigenvalue weighted by molar-refractivity contribution is -0.605. The minimum Gasteiger partial charge on any atom is -0.619 e. The number of nitrogens with zero attached hydrogens (tertiary/aromatic N) is 3. The van der Waals surface area contributed by atoms with Crippen LogP contribution in [0.4, 0.5) is 4.79 Å². The van der Waals surface area contributed by atoms with E-state index in [1.54, 1.807) is 41.3 Å². The number of esters is 1. The molecule has 1 N–H and O–H groups in total. The molecule has 2 bridgehead atoms. The first-order chi connectivity index (χ1) is 30.5. The smallest absolute Gasteiger partial charge is 0.408 e. The van der Waals surface area contributed by atoms with Crippen LogP contribution in [-0.4, -0.2) is 80.8 Å². The molecule has 1 aromatic heterocycles. The van der Waals surface area contributed by atoms with E-state index < -0.39 is 30.1 Å². The van der Waals surface area contributed by atoms with E-state index in [-0.39, 0.29) is 48.2 Å². The Labute approximate surface area is 375 Å². The van der Waals surface area contributed by atoms with Crippen LogP contribution >= 0.6 is 23.2 Å². The Balaban J connectivity index is 0.890. The van der Waals surface area contributed by atoms with Crippen molar-refractivity contribution in [2.75, 3.05) is 46.9 Å². The van der Waals surface area contributed by atoms with E-state index in [1.807, 2.05) is 60.7 Å². The first kappa shape index (κ1) is 43.6. The number of piperidine rings is 3. The van der Waals surface area contributed by atoms with E-state index in [4.69, 9.17) is 46.9 Å². The summed E-state index contributed by atoms with van der Waals surface area (Å²) in [5, 5.41) is 15.3. The van der Waals surface area contributed by atoms with Crippen LogP contribution in [0.1, 0.15) is 63.2 Å². The number of rotatable bonds is 15. The maximum Gasteiger partial charge on any atom is 0.408 e. The molecule has 15 heteroatoms. The number of benzene rings is 4. The molecule has 2 amide bonds. The van der Waals surface area contributed by atoms with Crippen molar-refractivity contribution in [3.05, 3.63) is 158 Å². The minimum atomic E-state index is -0.853. The number of nitrogens with one attached hydrogen (secondary N) is 1. The number of hydrogen-bond donors (Lipinski definition) is 1. The molecule has 328 valence electrons. The number of carbonyl (C=O) groups excluding carboxylic acids is 3. The molecule has 4 aliphatic rings. The topological polar surface area (TPSA) is 143 Å². The molecule has 3 atom stereocenters. The van der Waals surface area contributed by atoms with Gasteiger partial charge in [-0.1, -0.05) is 83.9 Å². The lowest BCUT2D eigenvalue weighted by Gasteiger charge is -2.43. The molecule has 9 rings (SSSR count). The zero-order valence-corrected chi connectivity index (χ0v) is 36.4. The minimum absolute atomic E-state index is 0.0765. The molecule has 0 saturated carbocycles. The Morgan fingerprint density at radius 2 is 1.52 bits per heavy atom. The number of alkyl carbamates (subject to hydrolysis) is 1. The van der Waals surface area contributed by atoms with E-state index in [0.717, 1.165) is 49.2 Å². The summed E-state index contributed by atoms with van der Waals surface area (Å²) in [6.45, 7) is 3.41. The van der Waals surface area contributed by atoms with Gasteiger partial charge in [0.15, 0.2) is 23.9 Å². The Hall–Kier alpha value is -6.02. The van der Waals surface area contributed by atoms with Gasteiger partial charge in [0.05, 0.1) is 26.2 Å². The molecule has 0 spiro atoms. The zero-order valence-electron chi connectivity index (χ0n) is 34.9. The first-order valence-electron chi connectivity index (χ1n) is 20.9. The number of pyridine rings is 1. The number of hydrogen-bond acceptors (Lipinski definition) is 10. The fourth-order valence-electron chi connectivity index (χ4n) is 8.49. The number of methoxy groups -OCH3 is 2. The van der Waals surface area contributed by atoms with Gasteiger partial charge in [-0.25, -0.2) is 4.79 Å². The van der Waals surface area contributed by atoms with Crippen LogP contribution in [0.5, 0.6) is 17.2 Å². The second-order valence-electron chi connectivity index (χ2n) is 16.1. The van der Waals surface area contributed by atoms with Crippen LogP contribution in [-0.2, 0) is 27.3 Å². The van der Waals surface area contributed by atoms with Gasteiger partial charge in [-0.05, 0) is 90.5 Å². The van der Waals surface area contributed by atoms with Crippen molar-refractivity contribution >= 4 is 41.2 Å². The van der Waals surface area contributed by atoms with Crippen LogP contribution in [0.15, 0.2) is 109 Å². The Bertz CT molecular complexity index is 2420. The highest BCUT2D eigenvalue weighted by atomic mass is 35.5. The normalized spacial score (nSPS) is 19.0. The Morgan fingerprint density at radius 3 is 2.22 bits per heavy atom. The maximum absolute atomic E-state index is 13.6. The van der Waals surface area contributed by atoms with E-state index in [9.17, 15) is 19.6 Å². The van der Waals surface area contributed by atoms with Gasteiger partial charge >= 0.3 is 12.1 Å². The van der Waals surface area contributed by atoms with E-state index >= 15 is 0 Å². The zero-order chi connectivity index (χ0) is 44.0. The van der Waals surface area contributed by atoms with Gasteiger partial charge in [0, 0.05) is 37.2 Å².